The maximum Gasteiger partial charge on any atom is 0.311 e. The van der Waals surface area contributed by atoms with E-state index in [0.717, 1.165) is 88.9 Å². The van der Waals surface area contributed by atoms with Gasteiger partial charge in [0, 0.05) is 21.6 Å². The number of alkyl halides is 2. The normalized spacial score (nSPS) is 9.70. The molecule has 882 valence electrons. The Hall–Kier alpha value is -4.04. The van der Waals surface area contributed by atoms with E-state index in [1.165, 1.54) is 110 Å². The molecule has 1 rings (SSSR count). The third kappa shape index (κ3) is 202. The molecule has 0 aliphatic rings. The van der Waals surface area contributed by atoms with Gasteiger partial charge in [0.05, 0.1) is 68.0 Å². The fourth-order valence-corrected chi connectivity index (χ4v) is 5.82. The number of hydrogen-bond donors (Lipinski definition) is 1. The third-order valence-corrected chi connectivity index (χ3v) is 20.6. The maximum absolute atomic E-state index is 11.4. The lowest BCUT2D eigenvalue weighted by molar-refractivity contribution is -0.151. The highest BCUT2D eigenvalue weighted by molar-refractivity contribution is 6.23. The second-order valence-corrected chi connectivity index (χ2v) is 36.1. The number of unbranched alkanes of at least 4 members (excludes halogenated alkanes) is 10. The van der Waals surface area contributed by atoms with Gasteiger partial charge >= 0.3 is 35.8 Å². The lowest BCUT2D eigenvalue weighted by Gasteiger charge is -2.17. The Labute approximate surface area is 898 Å². The Kier molecular flexibility index (Phi) is 305. The van der Waals surface area contributed by atoms with Crippen LogP contribution in [0.3, 0.4) is 0 Å². The van der Waals surface area contributed by atoms with Crippen molar-refractivity contribution in [2.24, 2.45) is 57.2 Å². The molecule has 0 saturated heterocycles. The zero-order valence-electron chi connectivity index (χ0n) is 82.0. The van der Waals surface area contributed by atoms with Crippen LogP contribution in [0.15, 0.2) is 24.3 Å². The van der Waals surface area contributed by atoms with Gasteiger partial charge in [-0.15, -0.1) is 23.2 Å². The summed E-state index contributed by atoms with van der Waals surface area (Å²) in [5.74, 6) is 2.50. The molecule has 0 aliphatic carbocycles. The summed E-state index contributed by atoms with van der Waals surface area (Å²) in [6.45, 7) is 79.1. The van der Waals surface area contributed by atoms with Crippen LogP contribution in [0.25, 0.3) is 0 Å². The highest BCUT2D eigenvalue weighted by Gasteiger charge is 2.28. The summed E-state index contributed by atoms with van der Waals surface area (Å²) in [7, 11) is 4.25. The molecule has 0 heterocycles. The third-order valence-electron chi connectivity index (χ3n) is 20.0. The smallest absolute Gasteiger partial charge is 0.311 e. The molecule has 0 radical (unpaired) electrons. The van der Waals surface area contributed by atoms with E-state index in [1.807, 2.05) is 152 Å². The van der Waals surface area contributed by atoms with E-state index in [2.05, 4.69) is 128 Å². The van der Waals surface area contributed by atoms with Crippen LogP contribution < -0.4 is 0 Å². The van der Waals surface area contributed by atoms with E-state index in [1.54, 1.807) is 27.7 Å². The molecule has 0 spiro atoms. The number of aryl methyl sites for hydroxylation is 1. The Bertz CT molecular complexity index is 2190. The molecule has 0 aromatic heterocycles. The number of methoxy groups -OCH3 is 3. The molecule has 1 aromatic carbocycles. The van der Waals surface area contributed by atoms with Crippen LogP contribution in [-0.4, -0.2) is 96.8 Å². The summed E-state index contributed by atoms with van der Waals surface area (Å²) in [5.41, 5.74) is 1.33. The minimum atomic E-state index is -0.722. The van der Waals surface area contributed by atoms with Crippen molar-refractivity contribution in [2.75, 3.05) is 34.5 Å². The van der Waals surface area contributed by atoms with E-state index in [4.69, 9.17) is 37.8 Å². The number of ketones is 2. The summed E-state index contributed by atoms with van der Waals surface area (Å²) in [5, 5.41) is 8.44. The number of rotatable bonds is 36. The molecule has 0 amide bonds. The molecule has 5 unspecified atom stereocenters. The van der Waals surface area contributed by atoms with Crippen molar-refractivity contribution in [3.05, 3.63) is 35.4 Å². The van der Waals surface area contributed by atoms with Crippen molar-refractivity contribution in [1.29, 1.82) is 0 Å². The first-order valence-electron chi connectivity index (χ1n) is 43.6. The largest absolute Gasteiger partial charge is 0.481 e. The molecule has 16 heteroatoms. The summed E-state index contributed by atoms with van der Waals surface area (Å²) in [6, 6.07) is 8.82. The Morgan fingerprint density at radius 2 is 0.478 bits per heavy atom. The van der Waals surface area contributed by atoms with Gasteiger partial charge in [-0.2, -0.15) is 0 Å². The van der Waals surface area contributed by atoms with Crippen LogP contribution in [0.1, 0.15) is 634 Å². The first-order chi connectivity index (χ1) is 51.3. The fraction of sp³-hybridized carbons (Fsp3) is 0.885. The molecule has 5 atom stereocenters. The van der Waals surface area contributed by atoms with Gasteiger partial charge in [0.25, 0.3) is 0 Å². The van der Waals surface area contributed by atoms with Gasteiger partial charge in [0.1, 0.15) is 11.6 Å². The zero-order chi connectivity index (χ0) is 91.3. The van der Waals surface area contributed by atoms with E-state index >= 15 is 0 Å². The van der Waals surface area contributed by atoms with Crippen LogP contribution >= 0.6 is 23.2 Å². The van der Waals surface area contributed by atoms with Gasteiger partial charge in [0.2, 0.25) is 0 Å². The first-order valence-corrected chi connectivity index (χ1v) is 44.4. The summed E-state index contributed by atoms with van der Waals surface area (Å²) in [4.78, 5) is 86.0. The molecule has 14 nitrogen and oxygen atoms in total. The average Bonchev–Trinajstić information content (AvgIpc) is 0.914. The number of halogens is 2. The van der Waals surface area contributed by atoms with Crippen LogP contribution in [0.2, 0.25) is 0 Å². The second kappa shape index (κ2) is 164. The molecule has 1 aromatic rings. The van der Waals surface area contributed by atoms with E-state index in [0.29, 0.717) is 37.1 Å². The van der Waals surface area contributed by atoms with Gasteiger partial charge in [0.15, 0.2) is 0 Å². The number of carboxylic acid groups (broad SMARTS) is 1. The minimum Gasteiger partial charge on any atom is -0.481 e. The van der Waals surface area contributed by atoms with Crippen LogP contribution in [0, 0.1) is 64.1 Å². The first kappa shape index (κ1) is 257. The lowest BCUT2D eigenvalue weighted by atomic mass is 9.91. The van der Waals surface area contributed by atoms with Crippen molar-refractivity contribution in [2.45, 2.75) is 639 Å². The maximum atomic E-state index is 11.4. The molecule has 0 bridgehead atoms. The highest BCUT2D eigenvalue weighted by atomic mass is 35.5. The number of aliphatic carboxylic acids is 1. The van der Waals surface area contributed by atoms with Crippen molar-refractivity contribution in [3.8, 4) is 0 Å². The number of carbonyl (C=O) groups is 8. The van der Waals surface area contributed by atoms with Crippen molar-refractivity contribution in [3.63, 3.8) is 0 Å². The number of Topliss-reactive ketones (excluding diaryl/α,β-unsaturated/α-hetero) is 2. The van der Waals surface area contributed by atoms with Crippen molar-refractivity contribution >= 4 is 70.6 Å². The highest BCUT2D eigenvalue weighted by Crippen LogP contribution is 2.24. The van der Waals surface area contributed by atoms with Gasteiger partial charge in [-0.05, 0) is 211 Å². The van der Waals surface area contributed by atoms with Gasteiger partial charge < -0.3 is 28.8 Å². The molecule has 0 aliphatic heterocycles. The number of esters is 5. The fourth-order valence-electron chi connectivity index (χ4n) is 5.82. The number of carboxylic acids is 1. The number of ether oxygens (including phenoxy) is 5. The van der Waals surface area contributed by atoms with Crippen molar-refractivity contribution in [1.82, 2.24) is 0 Å². The van der Waals surface area contributed by atoms with Crippen LogP contribution in [0.4, 0.5) is 0 Å². The molecule has 138 heavy (non-hydrogen) atoms. The number of benzene rings is 1. The summed E-state index contributed by atoms with van der Waals surface area (Å²) >= 11 is 11.4. The Morgan fingerprint density at radius 3 is 0.601 bits per heavy atom. The monoisotopic (exact) mass is 2060 g/mol. The van der Waals surface area contributed by atoms with Gasteiger partial charge in [-0.25, -0.2) is 0 Å². The topological polar surface area (TPSA) is 203 Å². The average molecular weight is 2060 g/mol. The zero-order valence-corrected chi connectivity index (χ0v) is 83.5. The van der Waals surface area contributed by atoms with Crippen molar-refractivity contribution < 1.29 is 67.1 Å². The molecular formula is C122H296Cl2O14. The predicted molar refractivity (Wildman–Crippen MR) is 663 cm³/mol. The SMILES string of the molecule is C.C.C.C.C.C.C.C.C.C.C.C.C.C.C.C.C.C.C.C.C.C.C.C.C.C.CCC(C)(C)C(=O)O.CCC(C)(C)C(=O)OC.CCC(C)(C)C(=O)OC.CCC(C)(C)C(=O)OC.CCC(C)(C)Cl.CCC(C)(C)Cl.CCC(C)C.CCC(C)C.CCC(C)C(C)=O.CCC(C)C(C)=O.CCC(C)c1ccc(C)cc1.CCCCCCCCCCCCOC(=O)C(C)CC.CCCCOC(=O)C(C)CC. The predicted octanol–water partition coefficient (Wildman–Crippen LogP) is 46.4. The van der Waals surface area contributed by atoms with Gasteiger partial charge in [-0.1, -0.05) is 466 Å². The van der Waals surface area contributed by atoms with Crippen LogP contribution in [-0.2, 0) is 62.0 Å². The minimum absolute atomic E-state index is 0. The molecule has 0 saturated carbocycles. The van der Waals surface area contributed by atoms with E-state index in [-0.39, 0.29) is 273 Å². The summed E-state index contributed by atoms with van der Waals surface area (Å²) in [6.07, 6.45) is 27.9. The Balaban J connectivity index is -0.0000000218. The second-order valence-electron chi connectivity index (χ2n) is 34.0. The molecule has 1 N–H and O–H groups in total. The summed E-state index contributed by atoms with van der Waals surface area (Å²) < 4.78 is 23.9. The van der Waals surface area contributed by atoms with Gasteiger partial charge in [-0.3, -0.25) is 38.4 Å². The van der Waals surface area contributed by atoms with Crippen LogP contribution in [0.5, 0.6) is 0 Å². The quantitative estimate of drug-likeness (QED) is 0.0287. The van der Waals surface area contributed by atoms with E-state index in [9.17, 15) is 38.4 Å². The van der Waals surface area contributed by atoms with E-state index < -0.39 is 11.4 Å². The standard InChI is InChI=1S/C17H34O2.C11H16.C9H18O2.3C7H14O2.C6H12O2.2C6H12O.2C5H11Cl.2C5H12.26CH4/c1-4-6-7-8-9-10-11-12-13-14-15-19-17(18)16(3)5-2;1-4-10(3)11-7-5-9(2)6-8-11;1-4-6-7-11-9(10)8(3)5-2;3*1-5-7(2,3)6(8)9-4;1-4-6(2,3)5(7)8;2*1-4-5(2)6(3)7;2*1-4-5(2,3)6;2*1-4-5(2)3;;;;;;;;;;;;;;;;;;;;;;;;;;/h16H,4-15H2,1-3H3;5-8,10H,4H2,1-3H3;8H,4-7H2,1-3H3;3*5H2,1-4H3;4H2,1-3H3,(H,7,8);2*5H,4H2,1-3H3;2*4H2,1-3H3;2*5H,4H2,1-3H3;26*1H4. The lowest BCUT2D eigenvalue weighted by Crippen LogP contribution is -2.24. The number of carbonyl (C=O) groups excluding carboxylic acids is 7. The molecule has 0 fully saturated rings. The molecular weight excluding hydrogens is 1760 g/mol. The Morgan fingerprint density at radius 1 is 0.290 bits per heavy atom. The number of hydrogen-bond acceptors (Lipinski definition) is 13.